The molecule has 0 amide bonds. The van der Waals surface area contributed by atoms with Crippen LogP contribution in [0.3, 0.4) is 0 Å². The Morgan fingerprint density at radius 2 is 1.90 bits per heavy atom. The maximum atomic E-state index is 5.60. The van der Waals surface area contributed by atoms with E-state index in [4.69, 9.17) is 17.3 Å². The third kappa shape index (κ3) is 2.35. The molecule has 2 aromatic carbocycles. The van der Waals surface area contributed by atoms with Gasteiger partial charge in [0.05, 0.1) is 22.8 Å². The molecule has 0 aliphatic rings. The summed E-state index contributed by atoms with van der Waals surface area (Å²) in [5.41, 5.74) is 9.11. The molecule has 0 fully saturated rings. The van der Waals surface area contributed by atoms with Gasteiger partial charge in [0.1, 0.15) is 11.4 Å². The SMILES string of the molecule is NC(CCl)=Nc1ccc(-n2nnc3ccccc32)cc1. The van der Waals surface area contributed by atoms with E-state index in [-0.39, 0.29) is 5.88 Å². The minimum Gasteiger partial charge on any atom is -0.386 e. The van der Waals surface area contributed by atoms with Gasteiger partial charge in [-0.2, -0.15) is 0 Å². The van der Waals surface area contributed by atoms with Gasteiger partial charge in [0.2, 0.25) is 0 Å². The van der Waals surface area contributed by atoms with Crippen molar-refractivity contribution in [2.24, 2.45) is 10.7 Å². The van der Waals surface area contributed by atoms with Gasteiger partial charge in [-0.1, -0.05) is 17.3 Å². The number of fused-ring (bicyclic) bond motifs is 1. The van der Waals surface area contributed by atoms with E-state index in [1.165, 1.54) is 0 Å². The molecule has 1 aromatic heterocycles. The van der Waals surface area contributed by atoms with Crippen LogP contribution in [0.4, 0.5) is 5.69 Å². The topological polar surface area (TPSA) is 69.1 Å². The number of aliphatic imine (C=N–C) groups is 1. The second kappa shape index (κ2) is 5.30. The van der Waals surface area contributed by atoms with Crippen LogP contribution in [-0.2, 0) is 0 Å². The molecule has 3 aromatic rings. The van der Waals surface area contributed by atoms with Crippen LogP contribution in [0.25, 0.3) is 16.7 Å². The van der Waals surface area contributed by atoms with Crippen LogP contribution in [0.15, 0.2) is 53.5 Å². The van der Waals surface area contributed by atoms with Crippen molar-refractivity contribution in [1.82, 2.24) is 15.0 Å². The van der Waals surface area contributed by atoms with Gasteiger partial charge in [-0.3, -0.25) is 0 Å². The monoisotopic (exact) mass is 285 g/mol. The first-order valence-corrected chi connectivity index (χ1v) is 6.61. The molecule has 0 radical (unpaired) electrons. The molecule has 3 rings (SSSR count). The number of nitrogens with two attached hydrogens (primary N) is 1. The molecule has 6 heteroatoms. The largest absolute Gasteiger partial charge is 0.386 e. The van der Waals surface area contributed by atoms with E-state index in [0.29, 0.717) is 5.84 Å². The normalized spacial score (nSPS) is 11.9. The van der Waals surface area contributed by atoms with Gasteiger partial charge < -0.3 is 5.73 Å². The summed E-state index contributed by atoms with van der Waals surface area (Å²) < 4.78 is 1.79. The molecule has 0 spiro atoms. The molecule has 0 bridgehead atoms. The van der Waals surface area contributed by atoms with E-state index in [1.54, 1.807) is 4.68 Å². The summed E-state index contributed by atoms with van der Waals surface area (Å²) >= 11 is 5.60. The summed E-state index contributed by atoms with van der Waals surface area (Å²) in [5, 5.41) is 8.28. The van der Waals surface area contributed by atoms with E-state index in [1.807, 2.05) is 48.5 Å². The predicted molar refractivity (Wildman–Crippen MR) is 80.9 cm³/mol. The molecule has 0 saturated heterocycles. The lowest BCUT2D eigenvalue weighted by molar-refractivity contribution is 0.824. The number of alkyl halides is 1. The fourth-order valence-electron chi connectivity index (χ4n) is 1.92. The zero-order chi connectivity index (χ0) is 13.9. The lowest BCUT2D eigenvalue weighted by Gasteiger charge is -2.03. The second-order valence-corrected chi connectivity index (χ2v) is 4.51. The molecule has 5 nitrogen and oxygen atoms in total. The summed E-state index contributed by atoms with van der Waals surface area (Å²) in [7, 11) is 0. The van der Waals surface area contributed by atoms with E-state index in [9.17, 15) is 0 Å². The molecule has 0 unspecified atom stereocenters. The minimum atomic E-state index is 0.218. The Bertz CT molecular complexity index is 761. The number of para-hydroxylation sites is 1. The van der Waals surface area contributed by atoms with E-state index >= 15 is 0 Å². The molecule has 1 heterocycles. The van der Waals surface area contributed by atoms with Crippen molar-refractivity contribution in [3.05, 3.63) is 48.5 Å². The second-order valence-electron chi connectivity index (χ2n) is 4.24. The smallest absolute Gasteiger partial charge is 0.115 e. The first-order chi connectivity index (χ1) is 9.78. The molecular formula is C14H12ClN5. The number of nitrogens with zero attached hydrogens (tertiary/aromatic N) is 4. The van der Waals surface area contributed by atoms with E-state index < -0.39 is 0 Å². The van der Waals surface area contributed by atoms with Crippen LogP contribution < -0.4 is 5.73 Å². The van der Waals surface area contributed by atoms with Gasteiger partial charge in [-0.05, 0) is 36.4 Å². The predicted octanol–water partition coefficient (Wildman–Crippen LogP) is 2.65. The van der Waals surface area contributed by atoms with Crippen molar-refractivity contribution < 1.29 is 0 Å². The van der Waals surface area contributed by atoms with Crippen molar-refractivity contribution >= 4 is 34.2 Å². The Morgan fingerprint density at radius 3 is 2.65 bits per heavy atom. The highest BCUT2D eigenvalue weighted by Gasteiger charge is 2.05. The number of aromatic nitrogens is 3. The van der Waals surface area contributed by atoms with Gasteiger partial charge in [0.15, 0.2) is 0 Å². The van der Waals surface area contributed by atoms with Gasteiger partial charge in [-0.15, -0.1) is 16.7 Å². The van der Waals surface area contributed by atoms with Crippen LogP contribution >= 0.6 is 11.6 Å². The molecule has 0 aliphatic heterocycles. The molecular weight excluding hydrogens is 274 g/mol. The van der Waals surface area contributed by atoms with Gasteiger partial charge >= 0.3 is 0 Å². The molecule has 20 heavy (non-hydrogen) atoms. The Morgan fingerprint density at radius 1 is 1.15 bits per heavy atom. The summed E-state index contributed by atoms with van der Waals surface area (Å²) in [6.07, 6.45) is 0. The standard InChI is InChI=1S/C14H12ClN5/c15-9-14(16)17-10-5-7-11(8-6-10)20-13-4-2-1-3-12(13)18-19-20/h1-8H,9H2,(H2,16,17). The van der Waals surface area contributed by atoms with Crippen molar-refractivity contribution in [3.8, 4) is 5.69 Å². The Kier molecular flexibility index (Phi) is 3.35. The van der Waals surface area contributed by atoms with Gasteiger partial charge in [-0.25, -0.2) is 9.67 Å². The number of hydrogen-bond acceptors (Lipinski definition) is 3. The van der Waals surface area contributed by atoms with Crippen LogP contribution in [-0.4, -0.2) is 26.7 Å². The summed E-state index contributed by atoms with van der Waals surface area (Å²) in [6, 6.07) is 15.4. The highest BCUT2D eigenvalue weighted by atomic mass is 35.5. The maximum Gasteiger partial charge on any atom is 0.115 e. The van der Waals surface area contributed by atoms with Crippen molar-refractivity contribution in [1.29, 1.82) is 0 Å². The molecule has 0 atom stereocenters. The number of rotatable bonds is 3. The Labute approximate surface area is 120 Å². The number of benzene rings is 2. The van der Waals surface area contributed by atoms with Crippen molar-refractivity contribution in [2.75, 3.05) is 5.88 Å². The fraction of sp³-hybridized carbons (Fsp3) is 0.0714. The van der Waals surface area contributed by atoms with Gasteiger partial charge in [0, 0.05) is 0 Å². The zero-order valence-corrected chi connectivity index (χ0v) is 11.3. The Balaban J connectivity index is 1.99. The highest BCUT2D eigenvalue weighted by Crippen LogP contribution is 2.19. The molecule has 0 saturated carbocycles. The summed E-state index contributed by atoms with van der Waals surface area (Å²) in [5.74, 6) is 0.612. The van der Waals surface area contributed by atoms with Gasteiger partial charge in [0.25, 0.3) is 0 Å². The average molecular weight is 286 g/mol. The molecule has 0 aliphatic carbocycles. The third-order valence-corrected chi connectivity index (χ3v) is 3.13. The van der Waals surface area contributed by atoms with E-state index in [0.717, 1.165) is 22.4 Å². The molecule has 100 valence electrons. The Hall–Kier alpha value is -2.40. The summed E-state index contributed by atoms with van der Waals surface area (Å²) in [6.45, 7) is 0. The van der Waals surface area contributed by atoms with Crippen molar-refractivity contribution in [3.63, 3.8) is 0 Å². The number of amidine groups is 1. The highest BCUT2D eigenvalue weighted by molar-refractivity contribution is 6.28. The number of halogens is 1. The van der Waals surface area contributed by atoms with Crippen LogP contribution in [0.2, 0.25) is 0 Å². The number of hydrogen-bond donors (Lipinski definition) is 1. The summed E-state index contributed by atoms with van der Waals surface area (Å²) in [4.78, 5) is 4.18. The zero-order valence-electron chi connectivity index (χ0n) is 10.6. The van der Waals surface area contributed by atoms with Crippen LogP contribution in [0, 0.1) is 0 Å². The third-order valence-electron chi connectivity index (χ3n) is 2.86. The minimum absolute atomic E-state index is 0.218. The average Bonchev–Trinajstić information content (AvgIpc) is 2.92. The molecule has 2 N–H and O–H groups in total. The fourth-order valence-corrected chi connectivity index (χ4v) is 1.98. The van der Waals surface area contributed by atoms with Crippen LogP contribution in [0.5, 0.6) is 0 Å². The quantitative estimate of drug-likeness (QED) is 0.457. The van der Waals surface area contributed by atoms with Crippen LogP contribution in [0.1, 0.15) is 0 Å². The van der Waals surface area contributed by atoms with E-state index in [2.05, 4.69) is 15.3 Å². The first-order valence-electron chi connectivity index (χ1n) is 6.08. The van der Waals surface area contributed by atoms with Crippen molar-refractivity contribution in [2.45, 2.75) is 0 Å². The lowest BCUT2D eigenvalue weighted by atomic mass is 10.2. The maximum absolute atomic E-state index is 5.60. The first kappa shape index (κ1) is 12.6. The lowest BCUT2D eigenvalue weighted by Crippen LogP contribution is -2.12.